The molecule has 88 valence electrons. The predicted octanol–water partition coefficient (Wildman–Crippen LogP) is -0.145. The molecule has 0 aliphatic carbocycles. The maximum Gasteiger partial charge on any atom is 0.239 e. The van der Waals surface area contributed by atoms with Crippen molar-refractivity contribution < 1.29 is 9.90 Å². The van der Waals surface area contributed by atoms with Crippen molar-refractivity contribution in [3.05, 3.63) is 29.8 Å². The molecule has 2 N–H and O–H groups in total. The van der Waals surface area contributed by atoms with Crippen molar-refractivity contribution in [3.8, 4) is 6.07 Å². The highest BCUT2D eigenvalue weighted by molar-refractivity contribution is 5.83. The average molecular weight is 231 g/mol. The van der Waals surface area contributed by atoms with Gasteiger partial charge in [-0.1, -0.05) is 12.1 Å². The lowest BCUT2D eigenvalue weighted by Gasteiger charge is -2.34. The Labute approximate surface area is 99.3 Å². The Balaban J connectivity index is 2.27. The number of nitrogens with one attached hydrogen (secondary N) is 1. The van der Waals surface area contributed by atoms with Crippen LogP contribution in [0.4, 0.5) is 5.69 Å². The number of nitriles is 1. The van der Waals surface area contributed by atoms with Gasteiger partial charge in [0.25, 0.3) is 0 Å². The fourth-order valence-corrected chi connectivity index (χ4v) is 1.95. The van der Waals surface area contributed by atoms with Crippen molar-refractivity contribution in [1.29, 1.82) is 5.26 Å². The zero-order valence-electron chi connectivity index (χ0n) is 9.26. The summed E-state index contributed by atoms with van der Waals surface area (Å²) in [6.07, 6.45) is 0. The monoisotopic (exact) mass is 231 g/mol. The SMILES string of the molecule is N#Cc1ccccc1N1CC(=O)NC(CO)C1. The molecule has 1 fully saturated rings. The molecule has 17 heavy (non-hydrogen) atoms. The second-order valence-electron chi connectivity index (χ2n) is 3.96. The van der Waals surface area contributed by atoms with Crippen LogP contribution in [-0.4, -0.2) is 36.8 Å². The van der Waals surface area contributed by atoms with Crippen molar-refractivity contribution in [3.63, 3.8) is 0 Å². The van der Waals surface area contributed by atoms with E-state index < -0.39 is 0 Å². The molecule has 2 rings (SSSR count). The number of carbonyl (C=O) groups excluding carboxylic acids is 1. The summed E-state index contributed by atoms with van der Waals surface area (Å²) in [7, 11) is 0. The molecule has 1 amide bonds. The van der Waals surface area contributed by atoms with Crippen LogP contribution in [0.25, 0.3) is 0 Å². The number of hydrogen-bond donors (Lipinski definition) is 2. The third-order valence-corrected chi connectivity index (χ3v) is 2.73. The Kier molecular flexibility index (Phi) is 3.26. The summed E-state index contributed by atoms with van der Waals surface area (Å²) in [5.74, 6) is -0.136. The van der Waals surface area contributed by atoms with E-state index in [-0.39, 0.29) is 25.1 Å². The van der Waals surface area contributed by atoms with Crippen molar-refractivity contribution in [2.75, 3.05) is 24.6 Å². The van der Waals surface area contributed by atoms with E-state index in [0.717, 1.165) is 5.69 Å². The molecule has 1 aromatic rings. The standard InChI is InChI=1S/C12H13N3O2/c13-5-9-3-1-2-4-11(9)15-6-10(8-16)14-12(17)7-15/h1-4,10,16H,6-8H2,(H,14,17). The highest BCUT2D eigenvalue weighted by Crippen LogP contribution is 2.20. The molecule has 1 atom stereocenters. The lowest BCUT2D eigenvalue weighted by atomic mass is 10.1. The van der Waals surface area contributed by atoms with E-state index in [2.05, 4.69) is 11.4 Å². The predicted molar refractivity (Wildman–Crippen MR) is 62.4 cm³/mol. The fourth-order valence-electron chi connectivity index (χ4n) is 1.95. The fraction of sp³-hybridized carbons (Fsp3) is 0.333. The number of para-hydroxylation sites is 1. The van der Waals surface area contributed by atoms with E-state index in [1.165, 1.54) is 0 Å². The summed E-state index contributed by atoms with van der Waals surface area (Å²) in [5.41, 5.74) is 1.28. The molecule has 0 radical (unpaired) electrons. The van der Waals surface area contributed by atoms with Crippen molar-refractivity contribution in [2.24, 2.45) is 0 Å². The van der Waals surface area contributed by atoms with Gasteiger partial charge in [0.05, 0.1) is 30.4 Å². The Morgan fingerprint density at radius 1 is 1.53 bits per heavy atom. The van der Waals surface area contributed by atoms with Gasteiger partial charge in [-0.05, 0) is 12.1 Å². The van der Waals surface area contributed by atoms with Gasteiger partial charge in [-0.3, -0.25) is 4.79 Å². The minimum Gasteiger partial charge on any atom is -0.394 e. The Hall–Kier alpha value is -2.06. The number of aliphatic hydroxyl groups is 1. The Morgan fingerprint density at radius 3 is 3.00 bits per heavy atom. The second-order valence-corrected chi connectivity index (χ2v) is 3.96. The van der Waals surface area contributed by atoms with Crippen LogP contribution >= 0.6 is 0 Å². The minimum absolute atomic E-state index is 0.100. The van der Waals surface area contributed by atoms with Crippen LogP contribution in [0.1, 0.15) is 5.56 Å². The first-order valence-corrected chi connectivity index (χ1v) is 5.39. The summed E-state index contributed by atoms with van der Waals surface area (Å²) in [6.45, 7) is 0.632. The number of anilines is 1. The zero-order chi connectivity index (χ0) is 12.3. The number of piperazine rings is 1. The number of hydrogen-bond acceptors (Lipinski definition) is 4. The van der Waals surface area contributed by atoms with Crippen LogP contribution in [0.2, 0.25) is 0 Å². The van der Waals surface area contributed by atoms with E-state index in [1.54, 1.807) is 12.1 Å². The van der Waals surface area contributed by atoms with Crippen LogP contribution in [0.3, 0.4) is 0 Å². The van der Waals surface area contributed by atoms with Gasteiger partial charge in [-0.25, -0.2) is 0 Å². The minimum atomic E-state index is -0.275. The smallest absolute Gasteiger partial charge is 0.239 e. The highest BCUT2D eigenvalue weighted by Gasteiger charge is 2.25. The zero-order valence-corrected chi connectivity index (χ0v) is 9.26. The topological polar surface area (TPSA) is 76.4 Å². The maximum absolute atomic E-state index is 11.5. The third-order valence-electron chi connectivity index (χ3n) is 2.73. The average Bonchev–Trinajstić information content (AvgIpc) is 2.37. The molecule has 5 nitrogen and oxygen atoms in total. The molecule has 1 heterocycles. The van der Waals surface area contributed by atoms with Crippen LogP contribution in [-0.2, 0) is 4.79 Å². The number of benzene rings is 1. The number of aliphatic hydroxyl groups excluding tert-OH is 1. The van der Waals surface area contributed by atoms with E-state index in [0.29, 0.717) is 12.1 Å². The maximum atomic E-state index is 11.5. The van der Waals surface area contributed by atoms with E-state index in [4.69, 9.17) is 10.4 Å². The summed E-state index contributed by atoms with van der Waals surface area (Å²) in [5, 5.41) is 20.8. The van der Waals surface area contributed by atoms with Gasteiger partial charge in [0.15, 0.2) is 0 Å². The van der Waals surface area contributed by atoms with Crippen LogP contribution in [0, 0.1) is 11.3 Å². The van der Waals surface area contributed by atoms with Crippen molar-refractivity contribution in [2.45, 2.75) is 6.04 Å². The first-order chi connectivity index (χ1) is 8.24. The van der Waals surface area contributed by atoms with Gasteiger partial charge in [0.1, 0.15) is 6.07 Å². The normalized spacial score (nSPS) is 19.6. The van der Waals surface area contributed by atoms with Gasteiger partial charge >= 0.3 is 0 Å². The number of amides is 1. The summed E-state index contributed by atoms with van der Waals surface area (Å²) in [4.78, 5) is 13.3. The molecular weight excluding hydrogens is 218 g/mol. The van der Waals surface area contributed by atoms with Gasteiger partial charge in [-0.15, -0.1) is 0 Å². The third kappa shape index (κ3) is 2.37. The number of nitrogens with zero attached hydrogens (tertiary/aromatic N) is 2. The van der Waals surface area contributed by atoms with Crippen molar-refractivity contribution >= 4 is 11.6 Å². The molecular formula is C12H13N3O2. The van der Waals surface area contributed by atoms with Gasteiger partial charge in [0, 0.05) is 6.54 Å². The van der Waals surface area contributed by atoms with E-state index >= 15 is 0 Å². The molecule has 1 aromatic carbocycles. The number of rotatable bonds is 2. The molecule has 1 saturated heterocycles. The molecule has 0 aromatic heterocycles. The Bertz CT molecular complexity index is 467. The summed E-state index contributed by atoms with van der Waals surface area (Å²) < 4.78 is 0. The van der Waals surface area contributed by atoms with Gasteiger partial charge in [0.2, 0.25) is 5.91 Å². The molecule has 0 spiro atoms. The summed E-state index contributed by atoms with van der Waals surface area (Å²) in [6, 6.07) is 8.98. The number of carbonyl (C=O) groups is 1. The molecule has 0 bridgehead atoms. The van der Waals surface area contributed by atoms with E-state index in [1.807, 2.05) is 17.0 Å². The first-order valence-electron chi connectivity index (χ1n) is 5.39. The molecule has 5 heteroatoms. The van der Waals surface area contributed by atoms with Gasteiger partial charge in [-0.2, -0.15) is 5.26 Å². The first kappa shape index (κ1) is 11.4. The quantitative estimate of drug-likeness (QED) is 0.742. The largest absolute Gasteiger partial charge is 0.394 e. The van der Waals surface area contributed by atoms with Gasteiger partial charge < -0.3 is 15.3 Å². The molecule has 1 unspecified atom stereocenters. The van der Waals surface area contributed by atoms with E-state index in [9.17, 15) is 4.79 Å². The highest BCUT2D eigenvalue weighted by atomic mass is 16.3. The lowest BCUT2D eigenvalue weighted by Crippen LogP contribution is -2.55. The van der Waals surface area contributed by atoms with Crippen molar-refractivity contribution in [1.82, 2.24) is 5.32 Å². The molecule has 0 saturated carbocycles. The van der Waals surface area contributed by atoms with Crippen LogP contribution in [0.5, 0.6) is 0 Å². The lowest BCUT2D eigenvalue weighted by molar-refractivity contribution is -0.121. The Morgan fingerprint density at radius 2 is 2.29 bits per heavy atom. The summed E-state index contributed by atoms with van der Waals surface area (Å²) >= 11 is 0. The second kappa shape index (κ2) is 4.85. The van der Waals surface area contributed by atoms with Crippen LogP contribution < -0.4 is 10.2 Å². The molecule has 1 aliphatic rings. The molecule has 1 aliphatic heterocycles. The van der Waals surface area contributed by atoms with Crippen LogP contribution in [0.15, 0.2) is 24.3 Å².